The molecule has 1 heterocycles. The van der Waals surface area contributed by atoms with Gasteiger partial charge in [-0.15, -0.1) is 0 Å². The Labute approximate surface area is 120 Å². The van der Waals surface area contributed by atoms with Crippen molar-refractivity contribution < 1.29 is 4.74 Å². The van der Waals surface area contributed by atoms with Crippen LogP contribution in [0.3, 0.4) is 0 Å². The predicted octanol–water partition coefficient (Wildman–Crippen LogP) is 4.16. The number of aromatic nitrogens is 1. The second-order valence-corrected chi connectivity index (χ2v) is 5.69. The summed E-state index contributed by atoms with van der Waals surface area (Å²) in [7, 11) is 0. The van der Waals surface area contributed by atoms with E-state index in [-0.39, 0.29) is 0 Å². The van der Waals surface area contributed by atoms with Gasteiger partial charge in [0.1, 0.15) is 11.9 Å². The number of rotatable bonds is 3. The first-order chi connectivity index (χ1) is 9.78. The third-order valence-electron chi connectivity index (χ3n) is 4.37. The Morgan fingerprint density at radius 1 is 1.25 bits per heavy atom. The number of nitrogens with zero attached hydrogens (tertiary/aromatic N) is 1. The van der Waals surface area contributed by atoms with Crippen LogP contribution in [-0.2, 0) is 0 Å². The van der Waals surface area contributed by atoms with Crippen LogP contribution in [0.1, 0.15) is 39.0 Å². The standard InChI is InChI=1S/C17H22N2O/c1-2-12-5-3-4-6-16(12)20-17-9-10-19-15-11-13(18)7-8-14(15)17/h7-12,16H,2-6,18H2,1H3. The summed E-state index contributed by atoms with van der Waals surface area (Å²) in [6, 6.07) is 7.80. The van der Waals surface area contributed by atoms with Crippen molar-refractivity contribution in [3.63, 3.8) is 0 Å². The zero-order valence-corrected chi connectivity index (χ0v) is 12.0. The van der Waals surface area contributed by atoms with Crippen LogP contribution in [0.15, 0.2) is 30.5 Å². The van der Waals surface area contributed by atoms with Crippen LogP contribution in [0.25, 0.3) is 10.9 Å². The third kappa shape index (κ3) is 2.58. The van der Waals surface area contributed by atoms with E-state index in [0.717, 1.165) is 28.8 Å². The van der Waals surface area contributed by atoms with E-state index in [2.05, 4.69) is 11.9 Å². The molecule has 3 rings (SSSR count). The molecular weight excluding hydrogens is 248 g/mol. The first kappa shape index (κ1) is 13.2. The van der Waals surface area contributed by atoms with E-state index < -0.39 is 0 Å². The van der Waals surface area contributed by atoms with Gasteiger partial charge in [0.25, 0.3) is 0 Å². The molecular formula is C17H22N2O. The van der Waals surface area contributed by atoms with Crippen molar-refractivity contribution in [1.29, 1.82) is 0 Å². The fraction of sp³-hybridized carbons (Fsp3) is 0.471. The van der Waals surface area contributed by atoms with Gasteiger partial charge in [0, 0.05) is 17.3 Å². The average Bonchev–Trinajstić information content (AvgIpc) is 2.47. The van der Waals surface area contributed by atoms with Gasteiger partial charge in [0.2, 0.25) is 0 Å². The fourth-order valence-corrected chi connectivity index (χ4v) is 3.20. The quantitative estimate of drug-likeness (QED) is 0.852. The van der Waals surface area contributed by atoms with Crippen LogP contribution in [0.5, 0.6) is 5.75 Å². The van der Waals surface area contributed by atoms with E-state index in [1.807, 2.05) is 24.3 Å². The van der Waals surface area contributed by atoms with Gasteiger partial charge in [-0.3, -0.25) is 4.98 Å². The smallest absolute Gasteiger partial charge is 0.130 e. The van der Waals surface area contributed by atoms with E-state index >= 15 is 0 Å². The lowest BCUT2D eigenvalue weighted by atomic mass is 9.85. The van der Waals surface area contributed by atoms with E-state index in [1.54, 1.807) is 6.20 Å². The second kappa shape index (κ2) is 5.70. The molecule has 20 heavy (non-hydrogen) atoms. The number of nitrogens with two attached hydrogens (primary N) is 1. The van der Waals surface area contributed by atoms with Crippen molar-refractivity contribution in [3.05, 3.63) is 30.5 Å². The van der Waals surface area contributed by atoms with E-state index in [4.69, 9.17) is 10.5 Å². The predicted molar refractivity (Wildman–Crippen MR) is 82.8 cm³/mol. The molecule has 2 aromatic rings. The number of hydrogen-bond acceptors (Lipinski definition) is 3. The molecule has 1 fully saturated rings. The summed E-state index contributed by atoms with van der Waals surface area (Å²) < 4.78 is 6.33. The van der Waals surface area contributed by atoms with Crippen LogP contribution in [0.4, 0.5) is 5.69 Å². The molecule has 1 aliphatic rings. The van der Waals surface area contributed by atoms with Gasteiger partial charge in [-0.05, 0) is 55.9 Å². The first-order valence-electron chi connectivity index (χ1n) is 7.59. The highest BCUT2D eigenvalue weighted by atomic mass is 16.5. The van der Waals surface area contributed by atoms with Crippen molar-refractivity contribution in [2.75, 3.05) is 5.73 Å². The van der Waals surface area contributed by atoms with Crippen LogP contribution >= 0.6 is 0 Å². The fourth-order valence-electron chi connectivity index (χ4n) is 3.20. The molecule has 106 valence electrons. The summed E-state index contributed by atoms with van der Waals surface area (Å²) in [4.78, 5) is 4.37. The summed E-state index contributed by atoms with van der Waals surface area (Å²) in [5, 5.41) is 1.06. The Morgan fingerprint density at radius 3 is 2.95 bits per heavy atom. The first-order valence-corrected chi connectivity index (χ1v) is 7.59. The highest BCUT2D eigenvalue weighted by molar-refractivity contribution is 5.87. The zero-order chi connectivity index (χ0) is 13.9. The Hall–Kier alpha value is -1.77. The highest BCUT2D eigenvalue weighted by Crippen LogP contribution is 2.33. The number of ether oxygens (including phenoxy) is 1. The molecule has 2 atom stereocenters. The molecule has 1 aromatic heterocycles. The van der Waals surface area contributed by atoms with E-state index in [9.17, 15) is 0 Å². The molecule has 0 amide bonds. The average molecular weight is 270 g/mol. The van der Waals surface area contributed by atoms with E-state index in [1.165, 1.54) is 25.7 Å². The van der Waals surface area contributed by atoms with E-state index in [0.29, 0.717) is 12.0 Å². The molecule has 0 aliphatic heterocycles. The molecule has 1 aliphatic carbocycles. The summed E-state index contributed by atoms with van der Waals surface area (Å²) in [5.74, 6) is 1.63. The van der Waals surface area contributed by atoms with Gasteiger partial charge in [0.15, 0.2) is 0 Å². The molecule has 3 nitrogen and oxygen atoms in total. The van der Waals surface area contributed by atoms with Crippen LogP contribution in [0, 0.1) is 5.92 Å². The molecule has 0 bridgehead atoms. The summed E-state index contributed by atoms with van der Waals surface area (Å²) in [5.41, 5.74) is 7.47. The van der Waals surface area contributed by atoms with Crippen molar-refractivity contribution in [2.24, 2.45) is 5.92 Å². The van der Waals surface area contributed by atoms with Gasteiger partial charge < -0.3 is 10.5 Å². The molecule has 3 heteroatoms. The number of fused-ring (bicyclic) bond motifs is 1. The monoisotopic (exact) mass is 270 g/mol. The minimum atomic E-state index is 0.344. The van der Waals surface area contributed by atoms with Gasteiger partial charge in [-0.1, -0.05) is 13.3 Å². The molecule has 0 spiro atoms. The molecule has 1 saturated carbocycles. The maximum atomic E-state index is 6.33. The maximum Gasteiger partial charge on any atom is 0.130 e. The Kier molecular flexibility index (Phi) is 3.77. The second-order valence-electron chi connectivity index (χ2n) is 5.69. The number of nitrogen functional groups attached to an aromatic ring is 1. The van der Waals surface area contributed by atoms with Crippen molar-refractivity contribution >= 4 is 16.6 Å². The van der Waals surface area contributed by atoms with Gasteiger partial charge >= 0.3 is 0 Å². The number of benzene rings is 1. The number of pyridine rings is 1. The largest absolute Gasteiger partial charge is 0.489 e. The number of anilines is 1. The van der Waals surface area contributed by atoms with Crippen molar-refractivity contribution in [1.82, 2.24) is 4.98 Å². The normalized spacial score (nSPS) is 22.9. The summed E-state index contributed by atoms with van der Waals surface area (Å²) >= 11 is 0. The number of hydrogen-bond donors (Lipinski definition) is 1. The molecule has 0 radical (unpaired) electrons. The lowest BCUT2D eigenvalue weighted by Crippen LogP contribution is -2.29. The van der Waals surface area contributed by atoms with Crippen LogP contribution in [-0.4, -0.2) is 11.1 Å². The molecule has 2 N–H and O–H groups in total. The minimum Gasteiger partial charge on any atom is -0.489 e. The Bertz CT molecular complexity index is 597. The minimum absolute atomic E-state index is 0.344. The van der Waals surface area contributed by atoms with Crippen LogP contribution < -0.4 is 10.5 Å². The topological polar surface area (TPSA) is 48.1 Å². The van der Waals surface area contributed by atoms with Crippen LogP contribution in [0.2, 0.25) is 0 Å². The van der Waals surface area contributed by atoms with Gasteiger partial charge in [-0.2, -0.15) is 0 Å². The Morgan fingerprint density at radius 2 is 2.10 bits per heavy atom. The highest BCUT2D eigenvalue weighted by Gasteiger charge is 2.25. The van der Waals surface area contributed by atoms with Crippen molar-refractivity contribution in [2.45, 2.75) is 45.1 Å². The van der Waals surface area contributed by atoms with Crippen molar-refractivity contribution in [3.8, 4) is 5.75 Å². The molecule has 2 unspecified atom stereocenters. The summed E-state index contributed by atoms with van der Waals surface area (Å²) in [6.07, 6.45) is 8.41. The molecule has 1 aromatic carbocycles. The SMILES string of the molecule is CCC1CCCCC1Oc1ccnc2cc(N)ccc12. The lowest BCUT2D eigenvalue weighted by molar-refractivity contribution is 0.0918. The maximum absolute atomic E-state index is 6.33. The lowest BCUT2D eigenvalue weighted by Gasteiger charge is -2.31. The summed E-state index contributed by atoms with van der Waals surface area (Å²) in [6.45, 7) is 2.26. The van der Waals surface area contributed by atoms with Gasteiger partial charge in [-0.25, -0.2) is 0 Å². The zero-order valence-electron chi connectivity index (χ0n) is 12.0. The molecule has 0 saturated heterocycles. The van der Waals surface area contributed by atoms with Gasteiger partial charge in [0.05, 0.1) is 5.52 Å². The Balaban J connectivity index is 1.90. The third-order valence-corrected chi connectivity index (χ3v) is 4.37.